The van der Waals surface area contributed by atoms with Crippen molar-refractivity contribution in [2.75, 3.05) is 0 Å². The Morgan fingerprint density at radius 3 is 2.57 bits per heavy atom. The number of aromatic amines is 1. The van der Waals surface area contributed by atoms with Crippen LogP contribution in [0.4, 0.5) is 0 Å². The van der Waals surface area contributed by atoms with Gasteiger partial charge in [-0.15, -0.1) is 10.2 Å². The Morgan fingerprint density at radius 1 is 1.17 bits per heavy atom. The van der Waals surface area contributed by atoms with E-state index in [0.717, 1.165) is 49.3 Å². The molecule has 8 heteroatoms. The Balaban J connectivity index is 1.61. The van der Waals surface area contributed by atoms with Crippen molar-refractivity contribution in [3.63, 3.8) is 0 Å². The van der Waals surface area contributed by atoms with Crippen molar-refractivity contribution in [2.24, 2.45) is 0 Å². The molecule has 1 aliphatic rings. The smallest absolute Gasteiger partial charge is 0.185 e. The number of hydrogen-bond acceptors (Lipinski definition) is 5. The van der Waals surface area contributed by atoms with Crippen molar-refractivity contribution in [1.82, 2.24) is 30.2 Å². The average molecular weight is 429 g/mol. The minimum Gasteiger partial charge on any atom is -0.390 e. The van der Waals surface area contributed by atoms with Gasteiger partial charge in [0, 0.05) is 13.0 Å². The maximum atomic E-state index is 9.80. The van der Waals surface area contributed by atoms with Gasteiger partial charge < -0.3 is 9.67 Å². The summed E-state index contributed by atoms with van der Waals surface area (Å²) in [5, 5.41) is 25.3. The Morgan fingerprint density at radius 2 is 1.93 bits per heavy atom. The molecular weight excluding hydrogens is 400 g/mol. The maximum absolute atomic E-state index is 9.80. The summed E-state index contributed by atoms with van der Waals surface area (Å²) in [4.78, 5) is 4.49. The number of aryl methyl sites for hydroxylation is 1. The topological polar surface area (TPSA) is 92.5 Å². The summed E-state index contributed by atoms with van der Waals surface area (Å²) in [6.07, 6.45) is 8.67. The van der Waals surface area contributed by atoms with Gasteiger partial charge in [0.15, 0.2) is 11.0 Å². The van der Waals surface area contributed by atoms with Gasteiger partial charge in [0.2, 0.25) is 0 Å². The second kappa shape index (κ2) is 9.27. The SMILES string of the molecule is CCCCc1nc(Cl)c(CO)n1Cc1ccc(C2(c3nn[nH]n3)CCCCC2)cc1. The van der Waals surface area contributed by atoms with E-state index in [0.29, 0.717) is 17.4 Å². The fraction of sp³-hybridized carbons (Fsp3) is 0.545. The highest BCUT2D eigenvalue weighted by Crippen LogP contribution is 2.43. The standard InChI is InChI=1S/C22H29ClN6O/c1-2-3-7-19-24-20(23)18(15-30)29(19)14-16-8-10-17(11-9-16)22(12-5-4-6-13-22)21-25-27-28-26-21/h8-11,30H,2-7,12-15H2,1H3,(H,25,26,27,28). The molecule has 2 aromatic heterocycles. The first-order valence-corrected chi connectivity index (χ1v) is 11.2. The van der Waals surface area contributed by atoms with Crippen molar-refractivity contribution >= 4 is 11.6 Å². The molecule has 1 fully saturated rings. The number of unbranched alkanes of at least 4 members (excludes halogenated alkanes) is 1. The highest BCUT2D eigenvalue weighted by molar-refractivity contribution is 6.30. The molecule has 0 unspecified atom stereocenters. The van der Waals surface area contributed by atoms with E-state index < -0.39 is 0 Å². The quantitative estimate of drug-likeness (QED) is 0.561. The van der Waals surface area contributed by atoms with Gasteiger partial charge in [-0.05, 0) is 30.4 Å². The molecule has 1 aromatic carbocycles. The first kappa shape index (κ1) is 21.0. The predicted octanol–water partition coefficient (Wildman–Crippen LogP) is 4.18. The lowest BCUT2D eigenvalue weighted by atomic mass is 9.69. The molecule has 160 valence electrons. The van der Waals surface area contributed by atoms with Gasteiger partial charge in [0.1, 0.15) is 5.82 Å². The number of tetrazole rings is 1. The number of aliphatic hydroxyl groups excluding tert-OH is 1. The molecule has 0 aliphatic heterocycles. The molecule has 0 atom stereocenters. The van der Waals surface area contributed by atoms with Crippen LogP contribution >= 0.6 is 11.6 Å². The van der Waals surface area contributed by atoms with Crippen molar-refractivity contribution in [3.05, 3.63) is 57.9 Å². The Bertz CT molecular complexity index is 945. The fourth-order valence-electron chi connectivity index (χ4n) is 4.64. The molecule has 30 heavy (non-hydrogen) atoms. The minimum atomic E-state index is -0.162. The number of rotatable bonds is 8. The van der Waals surface area contributed by atoms with Crippen LogP contribution in [0.15, 0.2) is 24.3 Å². The molecule has 0 radical (unpaired) electrons. The lowest BCUT2D eigenvalue weighted by Crippen LogP contribution is -2.32. The maximum Gasteiger partial charge on any atom is 0.185 e. The zero-order valence-electron chi connectivity index (χ0n) is 17.4. The van der Waals surface area contributed by atoms with E-state index in [9.17, 15) is 5.11 Å². The van der Waals surface area contributed by atoms with Crippen LogP contribution < -0.4 is 0 Å². The van der Waals surface area contributed by atoms with E-state index in [1.165, 1.54) is 24.8 Å². The Kier molecular flexibility index (Phi) is 6.49. The van der Waals surface area contributed by atoms with Gasteiger partial charge in [-0.1, -0.05) is 73.7 Å². The zero-order valence-corrected chi connectivity index (χ0v) is 18.2. The lowest BCUT2D eigenvalue weighted by molar-refractivity contribution is 0.271. The predicted molar refractivity (Wildman–Crippen MR) is 115 cm³/mol. The summed E-state index contributed by atoms with van der Waals surface area (Å²) >= 11 is 6.28. The first-order chi connectivity index (χ1) is 14.7. The van der Waals surface area contributed by atoms with Crippen molar-refractivity contribution in [2.45, 2.75) is 76.9 Å². The zero-order chi connectivity index (χ0) is 21.0. The van der Waals surface area contributed by atoms with Gasteiger partial charge in [-0.2, -0.15) is 5.21 Å². The summed E-state index contributed by atoms with van der Waals surface area (Å²) < 4.78 is 2.06. The van der Waals surface area contributed by atoms with E-state index in [1.807, 2.05) is 0 Å². The third-order valence-corrected chi connectivity index (χ3v) is 6.64. The van der Waals surface area contributed by atoms with E-state index in [2.05, 4.69) is 61.4 Å². The molecule has 2 heterocycles. The average Bonchev–Trinajstić information content (AvgIpc) is 3.42. The van der Waals surface area contributed by atoms with Gasteiger partial charge in [0.05, 0.1) is 17.7 Å². The van der Waals surface area contributed by atoms with E-state index >= 15 is 0 Å². The monoisotopic (exact) mass is 428 g/mol. The molecular formula is C22H29ClN6O. The van der Waals surface area contributed by atoms with Crippen LogP contribution in [0.25, 0.3) is 0 Å². The fourth-order valence-corrected chi connectivity index (χ4v) is 4.90. The van der Waals surface area contributed by atoms with Gasteiger partial charge in [-0.3, -0.25) is 0 Å². The van der Waals surface area contributed by atoms with E-state index in [4.69, 9.17) is 11.6 Å². The first-order valence-electron chi connectivity index (χ1n) is 10.9. The van der Waals surface area contributed by atoms with E-state index in [-0.39, 0.29) is 12.0 Å². The van der Waals surface area contributed by atoms with Crippen LogP contribution in [0.5, 0.6) is 0 Å². The van der Waals surface area contributed by atoms with Crippen LogP contribution in [0.2, 0.25) is 5.15 Å². The molecule has 7 nitrogen and oxygen atoms in total. The number of H-pyrrole nitrogens is 1. The van der Waals surface area contributed by atoms with Crippen LogP contribution in [0.3, 0.4) is 0 Å². The summed E-state index contributed by atoms with van der Waals surface area (Å²) in [5.41, 5.74) is 2.91. The molecule has 0 amide bonds. The summed E-state index contributed by atoms with van der Waals surface area (Å²) in [6.45, 7) is 2.69. The van der Waals surface area contributed by atoms with Crippen LogP contribution in [-0.2, 0) is 25.0 Å². The molecule has 0 spiro atoms. The molecule has 0 bridgehead atoms. The van der Waals surface area contributed by atoms with Crippen LogP contribution in [0.1, 0.15) is 80.3 Å². The summed E-state index contributed by atoms with van der Waals surface area (Å²) in [5.74, 6) is 1.73. The minimum absolute atomic E-state index is 0.114. The third-order valence-electron chi connectivity index (χ3n) is 6.33. The molecule has 1 saturated carbocycles. The third kappa shape index (κ3) is 4.01. The molecule has 2 N–H and O–H groups in total. The van der Waals surface area contributed by atoms with Gasteiger partial charge in [0.25, 0.3) is 0 Å². The van der Waals surface area contributed by atoms with Crippen molar-refractivity contribution < 1.29 is 5.11 Å². The lowest BCUT2D eigenvalue weighted by Gasteiger charge is -2.35. The Labute approximate surface area is 181 Å². The van der Waals surface area contributed by atoms with Crippen LogP contribution in [-0.4, -0.2) is 35.3 Å². The second-order valence-corrected chi connectivity index (χ2v) is 8.55. The second-order valence-electron chi connectivity index (χ2n) is 8.19. The van der Waals surface area contributed by atoms with Gasteiger partial charge >= 0.3 is 0 Å². The van der Waals surface area contributed by atoms with E-state index in [1.54, 1.807) is 0 Å². The number of benzene rings is 1. The number of hydrogen-bond donors (Lipinski definition) is 2. The van der Waals surface area contributed by atoms with Crippen molar-refractivity contribution in [3.8, 4) is 0 Å². The Hall–Kier alpha value is -2.25. The number of aromatic nitrogens is 6. The highest BCUT2D eigenvalue weighted by Gasteiger charge is 2.39. The molecule has 1 aliphatic carbocycles. The van der Waals surface area contributed by atoms with Gasteiger partial charge in [-0.25, -0.2) is 4.98 Å². The largest absolute Gasteiger partial charge is 0.390 e. The molecule has 4 rings (SSSR count). The highest BCUT2D eigenvalue weighted by atomic mass is 35.5. The number of nitrogens with one attached hydrogen (secondary N) is 1. The van der Waals surface area contributed by atoms with Crippen molar-refractivity contribution in [1.29, 1.82) is 0 Å². The number of aliphatic hydroxyl groups is 1. The number of halogens is 1. The molecule has 0 saturated heterocycles. The van der Waals surface area contributed by atoms with Crippen LogP contribution in [0, 0.1) is 0 Å². The summed E-state index contributed by atoms with van der Waals surface area (Å²) in [6, 6.07) is 8.70. The normalized spacial score (nSPS) is 16.1. The number of nitrogens with zero attached hydrogens (tertiary/aromatic N) is 5. The number of imidazole rings is 1. The molecule has 3 aromatic rings. The summed E-state index contributed by atoms with van der Waals surface area (Å²) in [7, 11) is 0.